The predicted octanol–water partition coefficient (Wildman–Crippen LogP) is 0.989. The van der Waals surface area contributed by atoms with Crippen molar-refractivity contribution < 1.29 is 24.9 Å². The van der Waals surface area contributed by atoms with E-state index in [1.165, 1.54) is 4.90 Å². The van der Waals surface area contributed by atoms with Crippen molar-refractivity contribution in [2.24, 2.45) is 5.92 Å². The Kier molecular flexibility index (Phi) is 6.63. The molecule has 144 valence electrons. The van der Waals surface area contributed by atoms with Gasteiger partial charge in [0.25, 0.3) is 0 Å². The van der Waals surface area contributed by atoms with Crippen molar-refractivity contribution in [3.63, 3.8) is 0 Å². The molecule has 1 aromatic rings. The number of likely N-dealkylation sites (N-methyl/N-ethyl adjacent to an activating group) is 1. The van der Waals surface area contributed by atoms with E-state index in [2.05, 4.69) is 0 Å². The molecule has 1 saturated heterocycles. The van der Waals surface area contributed by atoms with E-state index in [1.54, 1.807) is 43.1 Å². The van der Waals surface area contributed by atoms with E-state index >= 15 is 0 Å². The lowest BCUT2D eigenvalue weighted by Gasteiger charge is -2.32. The molecule has 0 bridgehead atoms. The Morgan fingerprint density at radius 2 is 1.77 bits per heavy atom. The summed E-state index contributed by atoms with van der Waals surface area (Å²) in [7, 11) is 1.70. The van der Waals surface area contributed by atoms with E-state index in [9.17, 15) is 24.9 Å². The van der Waals surface area contributed by atoms with Crippen molar-refractivity contribution in [2.45, 2.75) is 24.9 Å². The Morgan fingerprint density at radius 3 is 2.23 bits per heavy atom. The van der Waals surface area contributed by atoms with Gasteiger partial charge in [0.2, 0.25) is 5.91 Å². The lowest BCUT2D eigenvalue weighted by atomic mass is 9.89. The molecule has 1 aliphatic rings. The Hall–Kier alpha value is -1.67. The molecule has 2 rings (SSSR count). The maximum atomic E-state index is 13.1. The fourth-order valence-electron chi connectivity index (χ4n) is 3.65. The molecule has 3 atom stereocenters. The SMILES string of the molecule is CN1[C@@H](c2ccc(Cl)cc2)[C@@H](C(=O)N(CCO)CCO)C[C@@]1(C)C(=O)O. The van der Waals surface area contributed by atoms with E-state index in [0.29, 0.717) is 5.02 Å². The van der Waals surface area contributed by atoms with Gasteiger partial charge in [0, 0.05) is 24.2 Å². The summed E-state index contributed by atoms with van der Waals surface area (Å²) in [6, 6.07) is 6.56. The third-order valence-corrected chi connectivity index (χ3v) is 5.49. The summed E-state index contributed by atoms with van der Waals surface area (Å²) in [5.74, 6) is -1.88. The van der Waals surface area contributed by atoms with Gasteiger partial charge < -0.3 is 20.2 Å². The standard InChI is InChI=1S/C18H25ClN2O5/c1-18(17(25)26)11-14(16(24)21(7-9-22)8-10-23)15(20(18)2)12-3-5-13(19)6-4-12/h3-6,14-15,22-23H,7-11H2,1-2H3,(H,25,26)/t14-,15-,18-/m0/s1. The molecule has 8 heteroatoms. The van der Waals surface area contributed by atoms with Gasteiger partial charge in [0.15, 0.2) is 0 Å². The summed E-state index contributed by atoms with van der Waals surface area (Å²) < 4.78 is 0. The van der Waals surface area contributed by atoms with Crippen LogP contribution in [0.25, 0.3) is 0 Å². The van der Waals surface area contributed by atoms with Crippen LogP contribution in [0.5, 0.6) is 0 Å². The number of halogens is 1. The molecule has 0 aromatic heterocycles. The second-order valence-electron chi connectivity index (χ2n) is 6.77. The minimum Gasteiger partial charge on any atom is -0.480 e. The highest BCUT2D eigenvalue weighted by Crippen LogP contribution is 2.46. The molecule has 1 aromatic carbocycles. The lowest BCUT2D eigenvalue weighted by Crippen LogP contribution is -2.46. The van der Waals surface area contributed by atoms with Crippen molar-refractivity contribution in [1.82, 2.24) is 9.80 Å². The minimum absolute atomic E-state index is 0.0940. The number of benzene rings is 1. The second-order valence-corrected chi connectivity index (χ2v) is 7.21. The monoisotopic (exact) mass is 384 g/mol. The number of carboxylic acid groups (broad SMARTS) is 1. The molecule has 0 radical (unpaired) electrons. The average molecular weight is 385 g/mol. The number of rotatable bonds is 7. The van der Waals surface area contributed by atoms with Crippen LogP contribution < -0.4 is 0 Å². The Morgan fingerprint density at radius 1 is 1.23 bits per heavy atom. The largest absolute Gasteiger partial charge is 0.480 e. The van der Waals surface area contributed by atoms with Gasteiger partial charge in [0.05, 0.1) is 19.1 Å². The van der Waals surface area contributed by atoms with Crippen LogP contribution in [0.15, 0.2) is 24.3 Å². The molecule has 1 amide bonds. The van der Waals surface area contributed by atoms with Crippen LogP contribution in [0, 0.1) is 5.92 Å². The topological polar surface area (TPSA) is 101 Å². The maximum Gasteiger partial charge on any atom is 0.323 e. The fourth-order valence-corrected chi connectivity index (χ4v) is 3.77. The molecule has 1 heterocycles. The summed E-state index contributed by atoms with van der Waals surface area (Å²) in [5.41, 5.74) is -0.400. The van der Waals surface area contributed by atoms with E-state index in [4.69, 9.17) is 11.6 Å². The van der Waals surface area contributed by atoms with Crippen LogP contribution in [0.1, 0.15) is 24.9 Å². The number of aliphatic hydroxyl groups is 2. The Bertz CT molecular complexity index is 647. The van der Waals surface area contributed by atoms with Crippen LogP contribution in [0.3, 0.4) is 0 Å². The zero-order valence-corrected chi connectivity index (χ0v) is 15.7. The quantitative estimate of drug-likeness (QED) is 0.648. The van der Waals surface area contributed by atoms with Crippen LogP contribution >= 0.6 is 11.6 Å². The number of carbonyl (C=O) groups is 2. The number of aliphatic carboxylic acids is 1. The highest BCUT2D eigenvalue weighted by molar-refractivity contribution is 6.30. The maximum absolute atomic E-state index is 13.1. The molecule has 3 N–H and O–H groups in total. The van der Waals surface area contributed by atoms with Crippen LogP contribution in [-0.4, -0.2) is 75.9 Å². The van der Waals surface area contributed by atoms with Gasteiger partial charge in [-0.05, 0) is 38.1 Å². The van der Waals surface area contributed by atoms with Gasteiger partial charge in [-0.25, -0.2) is 0 Å². The normalized spacial score (nSPS) is 26.0. The van der Waals surface area contributed by atoms with Gasteiger partial charge in [0.1, 0.15) is 5.54 Å². The number of likely N-dealkylation sites (tertiary alicyclic amines) is 1. The van der Waals surface area contributed by atoms with Crippen molar-refractivity contribution in [3.8, 4) is 0 Å². The molecule has 7 nitrogen and oxygen atoms in total. The smallest absolute Gasteiger partial charge is 0.323 e. The number of carbonyl (C=O) groups excluding carboxylic acids is 1. The number of nitrogens with zero attached hydrogens (tertiary/aromatic N) is 2. The van der Waals surface area contributed by atoms with Gasteiger partial charge in [-0.15, -0.1) is 0 Å². The molecule has 26 heavy (non-hydrogen) atoms. The first-order valence-electron chi connectivity index (χ1n) is 8.48. The average Bonchev–Trinajstić information content (AvgIpc) is 2.88. The fraction of sp³-hybridized carbons (Fsp3) is 0.556. The van der Waals surface area contributed by atoms with Gasteiger partial charge in [-0.3, -0.25) is 14.5 Å². The van der Waals surface area contributed by atoms with Crippen LogP contribution in [0.2, 0.25) is 5.02 Å². The zero-order valence-electron chi connectivity index (χ0n) is 14.9. The molecule has 0 unspecified atom stereocenters. The summed E-state index contributed by atoms with van der Waals surface area (Å²) in [5, 5.41) is 28.7. The molecular weight excluding hydrogens is 360 g/mol. The van der Waals surface area contributed by atoms with Crippen molar-refractivity contribution >= 4 is 23.5 Å². The van der Waals surface area contributed by atoms with Gasteiger partial charge in [-0.2, -0.15) is 0 Å². The first-order chi connectivity index (χ1) is 12.3. The number of hydrogen-bond donors (Lipinski definition) is 3. The summed E-state index contributed by atoms with van der Waals surface area (Å²) in [6.45, 7) is 1.34. The molecule has 1 aliphatic heterocycles. The molecule has 0 saturated carbocycles. The molecular formula is C18H25ClN2O5. The number of carboxylic acids is 1. The van der Waals surface area contributed by atoms with Gasteiger partial charge in [-0.1, -0.05) is 23.7 Å². The second kappa shape index (κ2) is 8.35. The van der Waals surface area contributed by atoms with E-state index < -0.39 is 23.5 Å². The number of amides is 1. The van der Waals surface area contributed by atoms with Crippen molar-refractivity contribution in [3.05, 3.63) is 34.9 Å². The number of aliphatic hydroxyl groups excluding tert-OH is 2. The Balaban J connectivity index is 2.43. The zero-order chi connectivity index (χ0) is 19.5. The van der Waals surface area contributed by atoms with Crippen molar-refractivity contribution in [1.29, 1.82) is 0 Å². The van der Waals surface area contributed by atoms with Crippen LogP contribution in [0.4, 0.5) is 0 Å². The van der Waals surface area contributed by atoms with Crippen LogP contribution in [-0.2, 0) is 9.59 Å². The third-order valence-electron chi connectivity index (χ3n) is 5.24. The third kappa shape index (κ3) is 3.86. The van der Waals surface area contributed by atoms with E-state index in [1.807, 2.05) is 0 Å². The predicted molar refractivity (Wildman–Crippen MR) is 96.9 cm³/mol. The lowest BCUT2D eigenvalue weighted by molar-refractivity contribution is -0.148. The number of hydrogen-bond acceptors (Lipinski definition) is 5. The molecule has 0 aliphatic carbocycles. The highest BCUT2D eigenvalue weighted by Gasteiger charge is 2.54. The summed E-state index contributed by atoms with van der Waals surface area (Å²) >= 11 is 5.95. The summed E-state index contributed by atoms with van der Waals surface area (Å²) in [6.07, 6.45) is 0.137. The first-order valence-corrected chi connectivity index (χ1v) is 8.86. The van der Waals surface area contributed by atoms with Crippen molar-refractivity contribution in [2.75, 3.05) is 33.4 Å². The van der Waals surface area contributed by atoms with E-state index in [-0.39, 0.29) is 38.6 Å². The highest BCUT2D eigenvalue weighted by atomic mass is 35.5. The van der Waals surface area contributed by atoms with Gasteiger partial charge >= 0.3 is 5.97 Å². The van der Waals surface area contributed by atoms with E-state index in [0.717, 1.165) is 5.56 Å². The summed E-state index contributed by atoms with van der Waals surface area (Å²) in [4.78, 5) is 28.1. The first kappa shape index (κ1) is 20.6. The molecule has 1 fully saturated rings. The molecule has 0 spiro atoms. The Labute approximate surface area is 157 Å². The minimum atomic E-state index is -1.20.